The lowest BCUT2D eigenvalue weighted by atomic mass is 10.1. The molecule has 1 aliphatic heterocycles. The number of rotatable bonds is 7. The minimum absolute atomic E-state index is 0.129. The third-order valence-electron chi connectivity index (χ3n) is 3.46. The minimum Gasteiger partial charge on any atom is -0.493 e. The van der Waals surface area contributed by atoms with E-state index >= 15 is 0 Å². The molecular formula is C16H19NO4S. The highest BCUT2D eigenvalue weighted by Crippen LogP contribution is 2.31. The summed E-state index contributed by atoms with van der Waals surface area (Å²) in [5, 5.41) is -0.507. The van der Waals surface area contributed by atoms with Crippen LogP contribution in [0, 0.1) is 0 Å². The van der Waals surface area contributed by atoms with E-state index in [2.05, 4.69) is 6.58 Å². The summed E-state index contributed by atoms with van der Waals surface area (Å²) in [6.45, 7) is 3.99. The molecule has 0 saturated carbocycles. The lowest BCUT2D eigenvalue weighted by molar-refractivity contribution is -0.126. The van der Waals surface area contributed by atoms with E-state index in [1.807, 2.05) is 18.2 Å². The van der Waals surface area contributed by atoms with Crippen LogP contribution in [0.4, 0.5) is 4.79 Å². The van der Waals surface area contributed by atoms with Crippen molar-refractivity contribution in [2.75, 3.05) is 20.8 Å². The molecule has 0 spiro atoms. The monoisotopic (exact) mass is 321 g/mol. The number of carbonyl (C=O) groups is 2. The fraction of sp³-hybridized carbons (Fsp3) is 0.375. The van der Waals surface area contributed by atoms with E-state index in [9.17, 15) is 9.59 Å². The van der Waals surface area contributed by atoms with Gasteiger partial charge in [0.15, 0.2) is 11.5 Å². The van der Waals surface area contributed by atoms with Gasteiger partial charge in [-0.1, -0.05) is 23.9 Å². The highest BCUT2D eigenvalue weighted by molar-refractivity contribution is 8.15. The van der Waals surface area contributed by atoms with Crippen molar-refractivity contribution >= 4 is 22.9 Å². The maximum absolute atomic E-state index is 12.1. The zero-order valence-corrected chi connectivity index (χ0v) is 13.5. The molecule has 2 amide bonds. The van der Waals surface area contributed by atoms with E-state index in [0.29, 0.717) is 30.9 Å². The number of amides is 2. The lowest BCUT2D eigenvalue weighted by Gasteiger charge is -2.14. The maximum Gasteiger partial charge on any atom is 0.289 e. The fourth-order valence-electron chi connectivity index (χ4n) is 2.28. The average Bonchev–Trinajstić information content (AvgIpc) is 2.79. The second-order valence-corrected chi connectivity index (χ2v) is 5.98. The predicted octanol–water partition coefficient (Wildman–Crippen LogP) is 2.89. The van der Waals surface area contributed by atoms with Crippen molar-refractivity contribution in [3.05, 3.63) is 36.4 Å². The molecule has 2 rings (SSSR count). The number of thioether (sulfide) groups is 1. The third kappa shape index (κ3) is 3.44. The molecule has 0 bridgehead atoms. The van der Waals surface area contributed by atoms with Crippen LogP contribution in [0.15, 0.2) is 30.9 Å². The molecule has 1 saturated heterocycles. The number of carbonyl (C=O) groups excluding carboxylic acids is 2. The molecule has 22 heavy (non-hydrogen) atoms. The van der Waals surface area contributed by atoms with Crippen molar-refractivity contribution in [2.24, 2.45) is 0 Å². The summed E-state index contributed by atoms with van der Waals surface area (Å²) in [7, 11) is 3.15. The molecule has 0 radical (unpaired) electrons. The van der Waals surface area contributed by atoms with Crippen molar-refractivity contribution in [1.82, 2.24) is 4.90 Å². The maximum atomic E-state index is 12.1. The average molecular weight is 321 g/mol. The Balaban J connectivity index is 2.02. The quantitative estimate of drug-likeness (QED) is 0.723. The number of ether oxygens (including phenoxy) is 2. The Labute approximate surface area is 134 Å². The standard InChI is InChI=1S/C16H19NO4S/c1-4-5-14-15(18)17(16(19)22-14)9-8-11-6-7-12(20-2)13(10-11)21-3/h4,6-7,10,14H,1,5,8-9H2,2-3H3. The summed E-state index contributed by atoms with van der Waals surface area (Å²) in [6.07, 6.45) is 2.77. The molecule has 0 aromatic heterocycles. The molecule has 1 aliphatic rings. The number of allylic oxidation sites excluding steroid dienone is 1. The van der Waals surface area contributed by atoms with Crippen molar-refractivity contribution in [3.63, 3.8) is 0 Å². The van der Waals surface area contributed by atoms with Crippen molar-refractivity contribution < 1.29 is 19.1 Å². The molecule has 0 aliphatic carbocycles. The summed E-state index contributed by atoms with van der Waals surface area (Å²) < 4.78 is 10.4. The largest absolute Gasteiger partial charge is 0.493 e. The topological polar surface area (TPSA) is 55.8 Å². The molecule has 118 valence electrons. The van der Waals surface area contributed by atoms with E-state index in [1.165, 1.54) is 4.90 Å². The van der Waals surface area contributed by atoms with Gasteiger partial charge in [0.1, 0.15) is 0 Å². The van der Waals surface area contributed by atoms with Gasteiger partial charge in [0, 0.05) is 6.54 Å². The van der Waals surface area contributed by atoms with Gasteiger partial charge in [-0.05, 0) is 30.5 Å². The van der Waals surface area contributed by atoms with Crippen LogP contribution in [-0.2, 0) is 11.2 Å². The molecule has 1 aromatic carbocycles. The van der Waals surface area contributed by atoms with Gasteiger partial charge >= 0.3 is 0 Å². The highest BCUT2D eigenvalue weighted by Gasteiger charge is 2.38. The van der Waals surface area contributed by atoms with Crippen molar-refractivity contribution in [2.45, 2.75) is 18.1 Å². The van der Waals surface area contributed by atoms with E-state index in [0.717, 1.165) is 17.3 Å². The van der Waals surface area contributed by atoms with E-state index in [-0.39, 0.29) is 16.4 Å². The van der Waals surface area contributed by atoms with Crippen LogP contribution in [0.1, 0.15) is 12.0 Å². The molecule has 1 aromatic rings. The number of benzene rings is 1. The van der Waals surface area contributed by atoms with Gasteiger partial charge in [-0.2, -0.15) is 0 Å². The number of hydrogen-bond acceptors (Lipinski definition) is 5. The van der Waals surface area contributed by atoms with Crippen LogP contribution in [0.5, 0.6) is 11.5 Å². The fourth-order valence-corrected chi connectivity index (χ4v) is 3.29. The summed E-state index contributed by atoms with van der Waals surface area (Å²) in [6, 6.07) is 5.58. The van der Waals surface area contributed by atoms with E-state index in [1.54, 1.807) is 20.3 Å². The van der Waals surface area contributed by atoms with Crippen molar-refractivity contribution in [1.29, 1.82) is 0 Å². The Morgan fingerprint density at radius 3 is 2.64 bits per heavy atom. The van der Waals surface area contributed by atoms with Crippen LogP contribution in [0.2, 0.25) is 0 Å². The van der Waals surface area contributed by atoms with Crippen LogP contribution in [0.3, 0.4) is 0 Å². The molecule has 0 N–H and O–H groups in total. The highest BCUT2D eigenvalue weighted by atomic mass is 32.2. The first-order valence-electron chi connectivity index (χ1n) is 6.94. The molecule has 1 atom stereocenters. The minimum atomic E-state index is -0.324. The van der Waals surface area contributed by atoms with Gasteiger partial charge in [0.25, 0.3) is 5.24 Å². The summed E-state index contributed by atoms with van der Waals surface area (Å²) >= 11 is 1.08. The lowest BCUT2D eigenvalue weighted by Crippen LogP contribution is -2.33. The second-order valence-electron chi connectivity index (χ2n) is 4.83. The van der Waals surface area contributed by atoms with Gasteiger partial charge in [-0.3, -0.25) is 14.5 Å². The summed E-state index contributed by atoms with van der Waals surface area (Å²) in [4.78, 5) is 25.4. The van der Waals surface area contributed by atoms with Gasteiger partial charge in [-0.15, -0.1) is 6.58 Å². The molecular weight excluding hydrogens is 302 g/mol. The van der Waals surface area contributed by atoms with E-state index < -0.39 is 0 Å². The van der Waals surface area contributed by atoms with Crippen LogP contribution in [-0.4, -0.2) is 42.1 Å². The van der Waals surface area contributed by atoms with Gasteiger partial charge < -0.3 is 9.47 Å². The first-order chi connectivity index (χ1) is 10.6. The molecule has 6 heteroatoms. The number of hydrogen-bond donors (Lipinski definition) is 0. The zero-order valence-electron chi connectivity index (χ0n) is 12.7. The van der Waals surface area contributed by atoms with Crippen LogP contribution >= 0.6 is 11.8 Å². The number of methoxy groups -OCH3 is 2. The summed E-state index contributed by atoms with van der Waals surface area (Å²) in [5.74, 6) is 1.16. The second kappa shape index (κ2) is 7.35. The van der Waals surface area contributed by atoms with Crippen LogP contribution < -0.4 is 9.47 Å². The zero-order chi connectivity index (χ0) is 16.1. The first kappa shape index (κ1) is 16.4. The van der Waals surface area contributed by atoms with Gasteiger partial charge in [0.05, 0.1) is 19.5 Å². The Morgan fingerprint density at radius 2 is 2.00 bits per heavy atom. The predicted molar refractivity (Wildman–Crippen MR) is 86.6 cm³/mol. The number of imide groups is 1. The third-order valence-corrected chi connectivity index (χ3v) is 4.56. The Bertz CT molecular complexity index is 588. The molecule has 5 nitrogen and oxygen atoms in total. The smallest absolute Gasteiger partial charge is 0.289 e. The van der Waals surface area contributed by atoms with Gasteiger partial charge in [-0.25, -0.2) is 0 Å². The number of nitrogens with zero attached hydrogens (tertiary/aromatic N) is 1. The molecule has 1 unspecified atom stereocenters. The van der Waals surface area contributed by atoms with E-state index in [4.69, 9.17) is 9.47 Å². The Morgan fingerprint density at radius 1 is 1.27 bits per heavy atom. The van der Waals surface area contributed by atoms with Crippen molar-refractivity contribution in [3.8, 4) is 11.5 Å². The normalized spacial score (nSPS) is 17.7. The molecule has 1 fully saturated rings. The Hall–Kier alpha value is -1.95. The summed E-state index contributed by atoms with van der Waals surface area (Å²) in [5.41, 5.74) is 0.982. The van der Waals surface area contributed by atoms with Gasteiger partial charge in [0.2, 0.25) is 5.91 Å². The SMILES string of the molecule is C=CCC1SC(=O)N(CCc2ccc(OC)c(OC)c2)C1=O. The first-order valence-corrected chi connectivity index (χ1v) is 7.82. The Kier molecular flexibility index (Phi) is 5.49. The molecule has 1 heterocycles. The van der Waals surface area contributed by atoms with Crippen LogP contribution in [0.25, 0.3) is 0 Å².